The molecule has 1 aromatic carbocycles. The van der Waals surface area contributed by atoms with Gasteiger partial charge in [-0.25, -0.2) is 0 Å². The number of anilines is 1. The molecule has 7 heteroatoms. The molecule has 0 unspecified atom stereocenters. The van der Waals surface area contributed by atoms with Gasteiger partial charge in [-0.15, -0.1) is 15.3 Å². The molecule has 1 fully saturated rings. The third-order valence-corrected chi connectivity index (χ3v) is 5.07. The highest BCUT2D eigenvalue weighted by atomic mass is 16.5. The summed E-state index contributed by atoms with van der Waals surface area (Å²) in [6.45, 7) is 6.01. The van der Waals surface area contributed by atoms with Gasteiger partial charge in [0.05, 0.1) is 7.11 Å². The van der Waals surface area contributed by atoms with Gasteiger partial charge in [-0.1, -0.05) is 0 Å². The van der Waals surface area contributed by atoms with Gasteiger partial charge in [0, 0.05) is 37.1 Å². The maximum Gasteiger partial charge on any atom is 0.180 e. The summed E-state index contributed by atoms with van der Waals surface area (Å²) in [4.78, 5) is 2.33. The molecule has 4 rings (SSSR count). The Morgan fingerprint density at radius 3 is 2.38 bits per heavy atom. The van der Waals surface area contributed by atoms with Gasteiger partial charge in [0.1, 0.15) is 23.9 Å². The van der Waals surface area contributed by atoms with E-state index in [-0.39, 0.29) is 6.10 Å². The highest BCUT2D eigenvalue weighted by Gasteiger charge is 2.24. The van der Waals surface area contributed by atoms with E-state index in [0.29, 0.717) is 0 Å². The summed E-state index contributed by atoms with van der Waals surface area (Å²) in [5.41, 5.74) is 3.12. The molecular weight excluding hydrogens is 330 g/mol. The molecule has 0 spiro atoms. The van der Waals surface area contributed by atoms with Crippen LogP contribution in [0.5, 0.6) is 11.5 Å². The lowest BCUT2D eigenvalue weighted by Gasteiger charge is -2.33. The highest BCUT2D eigenvalue weighted by molar-refractivity contribution is 5.58. The first-order chi connectivity index (χ1) is 12.7. The van der Waals surface area contributed by atoms with Crippen molar-refractivity contribution in [2.75, 3.05) is 25.1 Å². The molecule has 0 amide bonds. The predicted octanol–water partition coefficient (Wildman–Crippen LogP) is 2.80. The molecule has 0 aliphatic carbocycles. The third kappa shape index (κ3) is 3.05. The number of fused-ring (bicyclic) bond motifs is 1. The molecule has 26 heavy (non-hydrogen) atoms. The Kier molecular flexibility index (Phi) is 4.36. The summed E-state index contributed by atoms with van der Waals surface area (Å²) in [5.74, 6) is 2.74. The lowest BCUT2D eigenvalue weighted by molar-refractivity contribution is 0.170. The van der Waals surface area contributed by atoms with Crippen molar-refractivity contribution in [2.45, 2.75) is 32.8 Å². The van der Waals surface area contributed by atoms with E-state index in [1.54, 1.807) is 18.0 Å². The van der Waals surface area contributed by atoms with Crippen molar-refractivity contribution in [1.29, 1.82) is 0 Å². The molecule has 1 aliphatic heterocycles. The molecular formula is C19H23N5O2. The van der Waals surface area contributed by atoms with Gasteiger partial charge in [0.25, 0.3) is 0 Å². The first-order valence-electron chi connectivity index (χ1n) is 8.88. The zero-order valence-corrected chi connectivity index (χ0v) is 15.3. The van der Waals surface area contributed by atoms with Crippen molar-refractivity contribution < 1.29 is 9.47 Å². The van der Waals surface area contributed by atoms with E-state index >= 15 is 0 Å². The second-order valence-corrected chi connectivity index (χ2v) is 6.65. The number of nitrogens with zero attached hydrogens (tertiary/aromatic N) is 5. The van der Waals surface area contributed by atoms with E-state index in [2.05, 4.69) is 28.9 Å². The summed E-state index contributed by atoms with van der Waals surface area (Å²) in [5, 5.41) is 12.8. The van der Waals surface area contributed by atoms with Gasteiger partial charge < -0.3 is 14.4 Å². The Balaban J connectivity index is 1.44. The quantitative estimate of drug-likeness (QED) is 0.719. The van der Waals surface area contributed by atoms with Crippen LogP contribution < -0.4 is 14.4 Å². The topological polar surface area (TPSA) is 64.8 Å². The fraction of sp³-hybridized carbons (Fsp3) is 0.421. The molecule has 0 N–H and O–H groups in total. The SMILES string of the molecule is COc1ccc(OC2CCN(c3nn4cnnc4c(C)c3C)CC2)cc1. The average molecular weight is 353 g/mol. The average Bonchev–Trinajstić information content (AvgIpc) is 3.15. The first-order valence-corrected chi connectivity index (χ1v) is 8.88. The maximum atomic E-state index is 6.12. The molecule has 2 aromatic heterocycles. The largest absolute Gasteiger partial charge is 0.497 e. The van der Waals surface area contributed by atoms with Gasteiger partial charge in [-0.2, -0.15) is 4.52 Å². The number of hydrogen-bond donors (Lipinski definition) is 0. The number of rotatable bonds is 4. The lowest BCUT2D eigenvalue weighted by atomic mass is 10.1. The predicted molar refractivity (Wildman–Crippen MR) is 99.1 cm³/mol. The van der Waals surface area contributed by atoms with Crippen LogP contribution in [0.3, 0.4) is 0 Å². The summed E-state index contributed by atoms with van der Waals surface area (Å²) in [6.07, 6.45) is 3.81. The van der Waals surface area contributed by atoms with E-state index in [4.69, 9.17) is 14.6 Å². The van der Waals surface area contributed by atoms with Gasteiger partial charge in [-0.05, 0) is 38.1 Å². The van der Waals surface area contributed by atoms with E-state index in [0.717, 1.165) is 54.5 Å². The number of ether oxygens (including phenoxy) is 2. The van der Waals surface area contributed by atoms with Gasteiger partial charge in [0.2, 0.25) is 0 Å². The van der Waals surface area contributed by atoms with Crippen LogP contribution in [0, 0.1) is 13.8 Å². The van der Waals surface area contributed by atoms with E-state index in [9.17, 15) is 0 Å². The van der Waals surface area contributed by atoms with Crippen LogP contribution in [0.25, 0.3) is 5.65 Å². The van der Waals surface area contributed by atoms with E-state index < -0.39 is 0 Å². The van der Waals surface area contributed by atoms with Crippen LogP contribution in [0.15, 0.2) is 30.6 Å². The normalized spacial score (nSPS) is 15.4. The van der Waals surface area contributed by atoms with Gasteiger partial charge in [0.15, 0.2) is 11.5 Å². The number of methoxy groups -OCH3 is 1. The second-order valence-electron chi connectivity index (χ2n) is 6.65. The number of piperidine rings is 1. The van der Waals surface area contributed by atoms with Crippen molar-refractivity contribution >= 4 is 11.5 Å². The first kappa shape index (κ1) is 16.6. The molecule has 3 heterocycles. The van der Waals surface area contributed by atoms with E-state index in [1.807, 2.05) is 24.3 Å². The van der Waals surface area contributed by atoms with Crippen molar-refractivity contribution in [3.63, 3.8) is 0 Å². The lowest BCUT2D eigenvalue weighted by Crippen LogP contribution is -2.39. The summed E-state index contributed by atoms with van der Waals surface area (Å²) in [6, 6.07) is 7.77. The van der Waals surface area contributed by atoms with Crippen molar-refractivity contribution in [3.8, 4) is 11.5 Å². The third-order valence-electron chi connectivity index (χ3n) is 5.07. The molecule has 3 aromatic rings. The Morgan fingerprint density at radius 2 is 1.69 bits per heavy atom. The van der Waals surface area contributed by atoms with Crippen LogP contribution in [-0.2, 0) is 0 Å². The van der Waals surface area contributed by atoms with Crippen LogP contribution in [0.4, 0.5) is 5.82 Å². The highest BCUT2D eigenvalue weighted by Crippen LogP contribution is 2.27. The molecule has 0 saturated carbocycles. The zero-order valence-electron chi connectivity index (χ0n) is 15.3. The minimum atomic E-state index is 0.222. The summed E-state index contributed by atoms with van der Waals surface area (Å²) >= 11 is 0. The Hall–Kier alpha value is -2.83. The molecule has 0 bridgehead atoms. The van der Waals surface area contributed by atoms with Crippen molar-refractivity contribution in [1.82, 2.24) is 19.8 Å². The van der Waals surface area contributed by atoms with Crippen LogP contribution in [0.2, 0.25) is 0 Å². The molecule has 0 radical (unpaired) electrons. The smallest absolute Gasteiger partial charge is 0.180 e. The van der Waals surface area contributed by atoms with Gasteiger partial charge >= 0.3 is 0 Å². The van der Waals surface area contributed by atoms with Crippen molar-refractivity contribution in [3.05, 3.63) is 41.7 Å². The Morgan fingerprint density at radius 1 is 1.00 bits per heavy atom. The number of benzene rings is 1. The fourth-order valence-electron chi connectivity index (χ4n) is 3.40. The molecule has 7 nitrogen and oxygen atoms in total. The van der Waals surface area contributed by atoms with Crippen LogP contribution in [0.1, 0.15) is 24.0 Å². The molecule has 0 atom stereocenters. The molecule has 136 valence electrons. The molecule has 1 aliphatic rings. The standard InChI is InChI=1S/C19H23N5O2/c1-13-14(2)19(22-24-12-20-21-18(13)24)23-10-8-17(9-11-23)26-16-6-4-15(25-3)5-7-16/h4-7,12,17H,8-11H2,1-3H3. The van der Waals surface area contributed by atoms with Crippen LogP contribution >= 0.6 is 0 Å². The van der Waals surface area contributed by atoms with Crippen LogP contribution in [-0.4, -0.2) is 46.1 Å². The van der Waals surface area contributed by atoms with Crippen molar-refractivity contribution in [2.24, 2.45) is 0 Å². The summed E-state index contributed by atoms with van der Waals surface area (Å²) in [7, 11) is 1.67. The fourth-order valence-corrected chi connectivity index (χ4v) is 3.40. The number of aryl methyl sites for hydroxylation is 1. The minimum absolute atomic E-state index is 0.222. The Bertz CT molecular complexity index is 898. The zero-order chi connectivity index (χ0) is 18.1. The summed E-state index contributed by atoms with van der Waals surface area (Å²) < 4.78 is 13.1. The van der Waals surface area contributed by atoms with Gasteiger partial charge in [-0.3, -0.25) is 0 Å². The second kappa shape index (κ2) is 6.82. The number of aromatic nitrogens is 4. The maximum absolute atomic E-state index is 6.12. The Labute approximate surface area is 152 Å². The molecule has 1 saturated heterocycles. The monoisotopic (exact) mass is 353 g/mol. The number of hydrogen-bond acceptors (Lipinski definition) is 6. The van der Waals surface area contributed by atoms with E-state index in [1.165, 1.54) is 5.56 Å². The minimum Gasteiger partial charge on any atom is -0.497 e.